The third-order valence-electron chi connectivity index (χ3n) is 5.39. The van der Waals surface area contributed by atoms with Crippen LogP contribution in [0.2, 0.25) is 0 Å². The van der Waals surface area contributed by atoms with Gasteiger partial charge in [-0.15, -0.1) is 0 Å². The smallest absolute Gasteiger partial charge is 0.251 e. The van der Waals surface area contributed by atoms with Crippen LogP contribution >= 0.6 is 0 Å². The number of anilines is 2. The van der Waals surface area contributed by atoms with Crippen LogP contribution in [0.3, 0.4) is 0 Å². The maximum absolute atomic E-state index is 12.4. The molecule has 1 aliphatic rings. The summed E-state index contributed by atoms with van der Waals surface area (Å²) in [4.78, 5) is 12.4. The monoisotopic (exact) mass is 421 g/mol. The lowest BCUT2D eigenvalue weighted by Crippen LogP contribution is -2.12. The highest BCUT2D eigenvalue weighted by molar-refractivity contribution is 6.02. The average molecular weight is 422 g/mol. The van der Waals surface area contributed by atoms with Crippen LogP contribution in [0.1, 0.15) is 22.8 Å². The number of nitrogens with one attached hydrogen (secondary N) is 2. The Hall–Kier alpha value is -4.25. The average Bonchev–Trinajstić information content (AvgIpc) is 3.41. The van der Waals surface area contributed by atoms with Crippen LogP contribution in [0, 0.1) is 0 Å². The quantitative estimate of drug-likeness (QED) is 0.377. The number of benzene rings is 3. The first-order valence-corrected chi connectivity index (χ1v) is 10.6. The summed E-state index contributed by atoms with van der Waals surface area (Å²) in [6, 6.07) is 23.7. The highest BCUT2D eigenvalue weighted by Gasteiger charge is 2.23. The molecule has 158 valence electrons. The van der Waals surface area contributed by atoms with Gasteiger partial charge in [-0.05, 0) is 66.1 Å². The molecule has 0 bridgehead atoms. The minimum absolute atomic E-state index is 0.0413. The van der Waals surface area contributed by atoms with Gasteiger partial charge in [0.05, 0.1) is 5.69 Å². The lowest BCUT2D eigenvalue weighted by Gasteiger charge is -2.13. The fourth-order valence-electron chi connectivity index (χ4n) is 3.90. The molecule has 2 heterocycles. The molecule has 2 N–H and O–H groups in total. The first-order valence-electron chi connectivity index (χ1n) is 10.6. The lowest BCUT2D eigenvalue weighted by atomic mass is 9.96. The Kier molecular flexibility index (Phi) is 5.22. The van der Waals surface area contributed by atoms with E-state index in [0.717, 1.165) is 39.6 Å². The van der Waals surface area contributed by atoms with Gasteiger partial charge in [-0.3, -0.25) is 4.79 Å². The minimum atomic E-state index is -0.0413. The third-order valence-corrected chi connectivity index (χ3v) is 5.39. The lowest BCUT2D eigenvalue weighted by molar-refractivity contribution is 0.0966. The number of amides is 1. The Balaban J connectivity index is 1.46. The van der Waals surface area contributed by atoms with Crippen molar-refractivity contribution in [2.24, 2.45) is 0 Å². The summed E-state index contributed by atoms with van der Waals surface area (Å²) in [5.41, 5.74) is 5.62. The number of carbonyl (C=O) groups is 1. The molecule has 5 heteroatoms. The van der Waals surface area contributed by atoms with Gasteiger partial charge in [0.1, 0.15) is 11.5 Å². The molecule has 0 spiro atoms. The van der Waals surface area contributed by atoms with Gasteiger partial charge in [-0.2, -0.15) is 0 Å². The second kappa shape index (κ2) is 8.47. The van der Waals surface area contributed by atoms with Crippen molar-refractivity contribution in [3.8, 4) is 22.6 Å². The van der Waals surface area contributed by atoms with Gasteiger partial charge >= 0.3 is 0 Å². The Morgan fingerprint density at radius 1 is 0.938 bits per heavy atom. The van der Waals surface area contributed by atoms with E-state index in [1.807, 2.05) is 103 Å². The van der Waals surface area contributed by atoms with E-state index in [9.17, 15) is 4.79 Å². The van der Waals surface area contributed by atoms with Crippen molar-refractivity contribution in [1.82, 2.24) is 9.88 Å². The first kappa shape index (κ1) is 19.7. The molecule has 0 aliphatic carbocycles. The zero-order valence-electron chi connectivity index (χ0n) is 17.7. The summed E-state index contributed by atoms with van der Waals surface area (Å²) < 4.78 is 7.90. The molecule has 0 saturated carbocycles. The molecule has 0 fully saturated rings. The summed E-state index contributed by atoms with van der Waals surface area (Å²) in [7, 11) is 0. The molecule has 0 atom stereocenters. The number of nitrogens with zero attached hydrogens (tertiary/aromatic N) is 1. The molecule has 4 aromatic rings. The van der Waals surface area contributed by atoms with Crippen LogP contribution in [-0.4, -0.2) is 10.5 Å². The molecule has 5 rings (SSSR count). The maximum Gasteiger partial charge on any atom is 0.251 e. The topological polar surface area (TPSA) is 55.3 Å². The molecule has 1 aromatic heterocycles. The number of fused-ring (bicyclic) bond motifs is 1. The van der Waals surface area contributed by atoms with Crippen molar-refractivity contribution in [3.63, 3.8) is 0 Å². The van der Waals surface area contributed by atoms with Crippen molar-refractivity contribution in [2.45, 2.75) is 13.5 Å². The fraction of sp³-hybridized carbons (Fsp3) is 0.0741. The van der Waals surface area contributed by atoms with E-state index in [-0.39, 0.29) is 5.91 Å². The van der Waals surface area contributed by atoms with Gasteiger partial charge in [0, 0.05) is 36.4 Å². The van der Waals surface area contributed by atoms with Gasteiger partial charge in [-0.1, -0.05) is 36.4 Å². The number of para-hydroxylation sites is 1. The van der Waals surface area contributed by atoms with Crippen molar-refractivity contribution in [2.75, 3.05) is 5.32 Å². The van der Waals surface area contributed by atoms with Crippen molar-refractivity contribution in [3.05, 3.63) is 102 Å². The predicted octanol–water partition coefficient (Wildman–Crippen LogP) is 6.43. The third kappa shape index (κ3) is 4.01. The highest BCUT2D eigenvalue weighted by Crippen LogP contribution is 2.35. The van der Waals surface area contributed by atoms with E-state index in [2.05, 4.69) is 16.7 Å². The molecular weight excluding hydrogens is 398 g/mol. The van der Waals surface area contributed by atoms with E-state index >= 15 is 0 Å². The molecule has 1 aliphatic heterocycles. The summed E-state index contributed by atoms with van der Waals surface area (Å²) in [6.45, 7) is 2.51. The maximum atomic E-state index is 12.4. The van der Waals surface area contributed by atoms with E-state index in [1.54, 1.807) is 0 Å². The Bertz CT molecular complexity index is 1290. The van der Waals surface area contributed by atoms with Crippen molar-refractivity contribution in [1.29, 1.82) is 0 Å². The van der Waals surface area contributed by atoms with Crippen molar-refractivity contribution >= 4 is 23.5 Å². The summed E-state index contributed by atoms with van der Waals surface area (Å²) in [5, 5.41) is 6.37. The minimum Gasteiger partial charge on any atom is -0.457 e. The van der Waals surface area contributed by atoms with Gasteiger partial charge in [0.2, 0.25) is 0 Å². The normalized spacial score (nSPS) is 12.6. The largest absolute Gasteiger partial charge is 0.457 e. The Morgan fingerprint density at radius 2 is 1.69 bits per heavy atom. The predicted molar refractivity (Wildman–Crippen MR) is 128 cm³/mol. The molecule has 1 amide bonds. The van der Waals surface area contributed by atoms with Crippen LogP contribution in [0.25, 0.3) is 17.3 Å². The standard InChI is InChI=1S/C27H23N3O2/c1-2-13-30-14-12-20(18-30)29-21-15-24(26-17-28-27(31)25(26)16-21)19-8-10-23(11-9-19)32-22-6-4-3-5-7-22/h2-16,18,29H,17H2,1H3,(H,28,31). The summed E-state index contributed by atoms with van der Waals surface area (Å²) >= 11 is 0. The second-order valence-corrected chi connectivity index (χ2v) is 7.63. The molecule has 0 saturated heterocycles. The molecule has 5 nitrogen and oxygen atoms in total. The summed E-state index contributed by atoms with van der Waals surface area (Å²) in [5.74, 6) is 1.53. The Labute approximate surface area is 187 Å². The second-order valence-electron chi connectivity index (χ2n) is 7.63. The van der Waals surface area contributed by atoms with Crippen molar-refractivity contribution < 1.29 is 9.53 Å². The van der Waals surface area contributed by atoms with Gasteiger partial charge in [-0.25, -0.2) is 0 Å². The SMILES string of the molecule is CC=Cn1ccc(Nc2cc3c(c(-c4ccc(Oc5ccccc5)cc4)c2)CNC3=O)c1. The van der Waals surface area contributed by atoms with Gasteiger partial charge in [0.25, 0.3) is 5.91 Å². The number of rotatable bonds is 6. The van der Waals surface area contributed by atoms with Crippen LogP contribution in [-0.2, 0) is 6.54 Å². The van der Waals surface area contributed by atoms with Gasteiger partial charge in [0.15, 0.2) is 0 Å². The molecule has 0 radical (unpaired) electrons. The molecule has 3 aromatic carbocycles. The van der Waals surface area contributed by atoms with E-state index in [1.165, 1.54) is 0 Å². The zero-order chi connectivity index (χ0) is 21.9. The van der Waals surface area contributed by atoms with Crippen LogP contribution < -0.4 is 15.4 Å². The van der Waals surface area contributed by atoms with E-state index in [4.69, 9.17) is 4.74 Å². The summed E-state index contributed by atoms with van der Waals surface area (Å²) in [6.07, 6.45) is 7.94. The fourth-order valence-corrected chi connectivity index (χ4v) is 3.90. The van der Waals surface area contributed by atoms with Crippen LogP contribution in [0.4, 0.5) is 11.4 Å². The number of hydrogen-bond donors (Lipinski definition) is 2. The molecule has 0 unspecified atom stereocenters. The zero-order valence-corrected chi connectivity index (χ0v) is 17.7. The molecular formula is C27H23N3O2. The van der Waals surface area contributed by atoms with Gasteiger partial charge < -0.3 is 19.9 Å². The highest BCUT2D eigenvalue weighted by atomic mass is 16.5. The number of aromatic nitrogens is 1. The van der Waals surface area contributed by atoms with Crippen LogP contribution in [0.5, 0.6) is 11.5 Å². The Morgan fingerprint density at radius 3 is 2.47 bits per heavy atom. The number of allylic oxidation sites excluding steroid dienone is 1. The number of ether oxygens (including phenoxy) is 1. The van der Waals surface area contributed by atoms with E-state index in [0.29, 0.717) is 12.1 Å². The number of carbonyl (C=O) groups excluding carboxylic acids is 1. The van der Waals surface area contributed by atoms with Crippen LogP contribution in [0.15, 0.2) is 91.3 Å². The number of hydrogen-bond acceptors (Lipinski definition) is 3. The first-order chi connectivity index (χ1) is 15.7. The van der Waals surface area contributed by atoms with E-state index < -0.39 is 0 Å². The molecule has 32 heavy (non-hydrogen) atoms.